The SMILES string of the molecule is Cc1cccc(N2CCN(CCC(C)NC(=O)Cc3c(C)nn(-c4ccccc4)c3C)CC2)c1. The number of rotatable bonds is 8. The first kappa shape index (κ1) is 24.0. The van der Waals surface area contributed by atoms with Crippen LogP contribution in [0.15, 0.2) is 54.6 Å². The third kappa shape index (κ3) is 5.86. The van der Waals surface area contributed by atoms with Gasteiger partial charge in [0.1, 0.15) is 0 Å². The van der Waals surface area contributed by atoms with Gasteiger partial charge in [-0.1, -0.05) is 30.3 Å². The maximum absolute atomic E-state index is 12.8. The number of anilines is 1. The number of piperazine rings is 1. The summed E-state index contributed by atoms with van der Waals surface area (Å²) < 4.78 is 1.93. The van der Waals surface area contributed by atoms with Gasteiger partial charge in [0.15, 0.2) is 0 Å². The molecule has 2 aromatic carbocycles. The molecule has 0 aliphatic carbocycles. The molecule has 1 amide bonds. The van der Waals surface area contributed by atoms with Crippen molar-refractivity contribution in [3.05, 3.63) is 77.1 Å². The van der Waals surface area contributed by atoms with Crippen molar-refractivity contribution in [2.24, 2.45) is 0 Å². The van der Waals surface area contributed by atoms with E-state index in [4.69, 9.17) is 0 Å². The Hall–Kier alpha value is -3.12. The number of amides is 1. The fourth-order valence-corrected chi connectivity index (χ4v) is 4.74. The summed E-state index contributed by atoms with van der Waals surface area (Å²) in [5, 5.41) is 7.87. The van der Waals surface area contributed by atoms with Gasteiger partial charge in [0.05, 0.1) is 17.8 Å². The fraction of sp³-hybridized carbons (Fsp3) is 0.429. The normalized spacial score (nSPS) is 15.4. The molecule has 6 heteroatoms. The number of aromatic nitrogens is 2. The molecule has 1 saturated heterocycles. The van der Waals surface area contributed by atoms with Crippen LogP contribution in [0, 0.1) is 20.8 Å². The molecule has 1 N–H and O–H groups in total. The lowest BCUT2D eigenvalue weighted by Crippen LogP contribution is -2.47. The van der Waals surface area contributed by atoms with Crippen molar-refractivity contribution in [3.8, 4) is 5.69 Å². The number of hydrogen-bond donors (Lipinski definition) is 1. The van der Waals surface area contributed by atoms with E-state index in [9.17, 15) is 4.79 Å². The second-order valence-corrected chi connectivity index (χ2v) is 9.50. The molecule has 34 heavy (non-hydrogen) atoms. The Kier molecular flexibility index (Phi) is 7.68. The highest BCUT2D eigenvalue weighted by molar-refractivity contribution is 5.79. The van der Waals surface area contributed by atoms with Gasteiger partial charge in [-0.05, 0) is 63.9 Å². The van der Waals surface area contributed by atoms with Crippen LogP contribution in [-0.4, -0.2) is 59.4 Å². The Morgan fingerprint density at radius 2 is 1.68 bits per heavy atom. The number of nitrogens with one attached hydrogen (secondary N) is 1. The van der Waals surface area contributed by atoms with E-state index in [-0.39, 0.29) is 11.9 Å². The second-order valence-electron chi connectivity index (χ2n) is 9.50. The van der Waals surface area contributed by atoms with Crippen LogP contribution in [0.2, 0.25) is 0 Å². The van der Waals surface area contributed by atoms with E-state index in [1.54, 1.807) is 0 Å². The lowest BCUT2D eigenvalue weighted by Gasteiger charge is -2.36. The van der Waals surface area contributed by atoms with E-state index >= 15 is 0 Å². The molecule has 1 atom stereocenters. The summed E-state index contributed by atoms with van der Waals surface area (Å²) in [4.78, 5) is 17.8. The average Bonchev–Trinajstić information content (AvgIpc) is 3.12. The zero-order valence-corrected chi connectivity index (χ0v) is 20.9. The Bertz CT molecular complexity index is 1100. The molecule has 3 aromatic rings. The molecule has 0 spiro atoms. The van der Waals surface area contributed by atoms with Crippen LogP contribution < -0.4 is 10.2 Å². The number of para-hydroxylation sites is 1. The van der Waals surface area contributed by atoms with Gasteiger partial charge in [0.25, 0.3) is 0 Å². The van der Waals surface area contributed by atoms with E-state index in [1.165, 1.54) is 11.3 Å². The summed E-state index contributed by atoms with van der Waals surface area (Å²) in [6, 6.07) is 19.0. The van der Waals surface area contributed by atoms with E-state index < -0.39 is 0 Å². The van der Waals surface area contributed by atoms with Crippen molar-refractivity contribution >= 4 is 11.6 Å². The summed E-state index contributed by atoms with van der Waals surface area (Å²) in [5.41, 5.74) is 6.60. The van der Waals surface area contributed by atoms with Gasteiger partial charge in [-0.25, -0.2) is 4.68 Å². The first-order valence-corrected chi connectivity index (χ1v) is 12.3. The second kappa shape index (κ2) is 10.9. The molecule has 1 aromatic heterocycles. The first-order chi connectivity index (χ1) is 16.4. The quantitative estimate of drug-likeness (QED) is 0.552. The zero-order valence-electron chi connectivity index (χ0n) is 20.9. The van der Waals surface area contributed by atoms with Gasteiger partial charge in [0.2, 0.25) is 5.91 Å². The molecule has 0 saturated carbocycles. The van der Waals surface area contributed by atoms with Crippen LogP contribution in [0.25, 0.3) is 5.69 Å². The highest BCUT2D eigenvalue weighted by Gasteiger charge is 2.20. The van der Waals surface area contributed by atoms with Crippen molar-refractivity contribution in [1.29, 1.82) is 0 Å². The Morgan fingerprint density at radius 3 is 2.38 bits per heavy atom. The summed E-state index contributed by atoms with van der Waals surface area (Å²) >= 11 is 0. The van der Waals surface area contributed by atoms with Crippen molar-refractivity contribution in [2.75, 3.05) is 37.6 Å². The third-order valence-electron chi connectivity index (χ3n) is 6.80. The number of carbonyl (C=O) groups excluding carboxylic acids is 1. The monoisotopic (exact) mass is 459 g/mol. The highest BCUT2D eigenvalue weighted by atomic mass is 16.1. The highest BCUT2D eigenvalue weighted by Crippen LogP contribution is 2.19. The summed E-state index contributed by atoms with van der Waals surface area (Å²) in [7, 11) is 0. The van der Waals surface area contributed by atoms with Crippen molar-refractivity contribution in [3.63, 3.8) is 0 Å². The summed E-state index contributed by atoms with van der Waals surface area (Å²) in [6.07, 6.45) is 1.32. The molecule has 1 aliphatic heterocycles. The molecule has 4 rings (SSSR count). The molecular weight excluding hydrogens is 422 g/mol. The first-order valence-electron chi connectivity index (χ1n) is 12.3. The van der Waals surface area contributed by atoms with Crippen LogP contribution in [0.5, 0.6) is 0 Å². The number of carbonyl (C=O) groups is 1. The maximum Gasteiger partial charge on any atom is 0.224 e. The molecule has 0 radical (unpaired) electrons. The van der Waals surface area contributed by atoms with E-state index in [1.807, 2.05) is 48.9 Å². The Morgan fingerprint density at radius 1 is 0.971 bits per heavy atom. The molecule has 6 nitrogen and oxygen atoms in total. The summed E-state index contributed by atoms with van der Waals surface area (Å²) in [5.74, 6) is 0.0654. The Balaban J connectivity index is 1.23. The standard InChI is InChI=1S/C28H37N5O/c1-21-9-8-12-26(19-21)32-17-15-31(16-18-32)14-13-22(2)29-28(34)20-27-23(3)30-33(24(27)4)25-10-6-5-7-11-25/h5-12,19,22H,13-18,20H2,1-4H3,(H,29,34). The minimum absolute atomic E-state index is 0.0654. The van der Waals surface area contributed by atoms with Crippen LogP contribution in [0.4, 0.5) is 5.69 Å². The van der Waals surface area contributed by atoms with Gasteiger partial charge < -0.3 is 10.2 Å². The van der Waals surface area contributed by atoms with Crippen molar-refractivity contribution in [1.82, 2.24) is 20.0 Å². The molecule has 2 heterocycles. The fourth-order valence-electron chi connectivity index (χ4n) is 4.74. The average molecular weight is 460 g/mol. The molecule has 1 unspecified atom stereocenters. The largest absolute Gasteiger partial charge is 0.369 e. The van der Waals surface area contributed by atoms with Crippen molar-refractivity contribution in [2.45, 2.75) is 46.6 Å². The maximum atomic E-state index is 12.8. The third-order valence-corrected chi connectivity index (χ3v) is 6.80. The number of benzene rings is 2. The summed E-state index contributed by atoms with van der Waals surface area (Å²) in [6.45, 7) is 13.5. The number of nitrogens with zero attached hydrogens (tertiary/aromatic N) is 4. The minimum Gasteiger partial charge on any atom is -0.369 e. The predicted octanol–water partition coefficient (Wildman–Crippen LogP) is 4.06. The predicted molar refractivity (Wildman–Crippen MR) is 139 cm³/mol. The zero-order chi connectivity index (χ0) is 24.1. The van der Waals surface area contributed by atoms with E-state index in [2.05, 4.69) is 58.3 Å². The van der Waals surface area contributed by atoms with E-state index in [0.717, 1.165) is 61.8 Å². The lowest BCUT2D eigenvalue weighted by atomic mass is 10.1. The number of hydrogen-bond acceptors (Lipinski definition) is 4. The molecular formula is C28H37N5O. The molecule has 180 valence electrons. The molecule has 1 fully saturated rings. The van der Waals surface area contributed by atoms with Crippen LogP contribution in [0.1, 0.15) is 35.9 Å². The van der Waals surface area contributed by atoms with Crippen LogP contribution in [-0.2, 0) is 11.2 Å². The van der Waals surface area contributed by atoms with Gasteiger partial charge in [-0.3, -0.25) is 9.69 Å². The van der Waals surface area contributed by atoms with Gasteiger partial charge in [-0.15, -0.1) is 0 Å². The number of aryl methyl sites for hydroxylation is 2. The van der Waals surface area contributed by atoms with Gasteiger partial charge in [0, 0.05) is 55.7 Å². The lowest BCUT2D eigenvalue weighted by molar-refractivity contribution is -0.121. The van der Waals surface area contributed by atoms with Crippen molar-refractivity contribution < 1.29 is 4.79 Å². The van der Waals surface area contributed by atoms with Crippen LogP contribution >= 0.6 is 0 Å². The van der Waals surface area contributed by atoms with Gasteiger partial charge in [-0.2, -0.15) is 5.10 Å². The topological polar surface area (TPSA) is 53.4 Å². The minimum atomic E-state index is 0.0654. The van der Waals surface area contributed by atoms with Crippen LogP contribution in [0.3, 0.4) is 0 Å². The Labute approximate surface area is 203 Å². The molecule has 0 bridgehead atoms. The smallest absolute Gasteiger partial charge is 0.224 e. The van der Waals surface area contributed by atoms with E-state index in [0.29, 0.717) is 6.42 Å². The molecule has 1 aliphatic rings. The van der Waals surface area contributed by atoms with Gasteiger partial charge >= 0.3 is 0 Å².